The summed E-state index contributed by atoms with van der Waals surface area (Å²) in [6.07, 6.45) is 0. The van der Waals surface area contributed by atoms with E-state index in [0.29, 0.717) is 5.92 Å². The van der Waals surface area contributed by atoms with Gasteiger partial charge in [0, 0.05) is 0 Å². The van der Waals surface area contributed by atoms with Crippen LogP contribution < -0.4 is 0 Å². The minimum atomic E-state index is 0.587. The van der Waals surface area contributed by atoms with E-state index in [-0.39, 0.29) is 0 Å². The van der Waals surface area contributed by atoms with Gasteiger partial charge >= 0.3 is 0 Å². The number of rotatable bonds is 1. The first-order valence-corrected chi connectivity index (χ1v) is 6.12. The Labute approximate surface area is 95.3 Å². The van der Waals surface area contributed by atoms with Gasteiger partial charge in [0.2, 0.25) is 0 Å². The third-order valence-corrected chi connectivity index (χ3v) is 3.78. The Balaban J connectivity index is 2.61. The zero-order valence-corrected chi connectivity index (χ0v) is 10.5. The van der Waals surface area contributed by atoms with Crippen LogP contribution in [0.1, 0.15) is 25.3 Å². The lowest BCUT2D eigenvalue weighted by Gasteiger charge is -2.03. The molecule has 1 heterocycles. The van der Waals surface area contributed by atoms with Crippen molar-refractivity contribution in [2.45, 2.75) is 19.8 Å². The smallest absolute Gasteiger partial charge is 0.155 e. The number of halogens is 1. The molecule has 2 rings (SSSR count). The third-order valence-electron chi connectivity index (χ3n) is 2.05. The van der Waals surface area contributed by atoms with Crippen LogP contribution in [0, 0.1) is 3.01 Å². The zero-order chi connectivity index (χ0) is 9.42. The van der Waals surface area contributed by atoms with Crippen molar-refractivity contribution in [2.24, 2.45) is 0 Å². The van der Waals surface area contributed by atoms with E-state index in [4.69, 9.17) is 0 Å². The molecule has 0 aliphatic heterocycles. The van der Waals surface area contributed by atoms with Crippen LogP contribution in [0.2, 0.25) is 0 Å². The number of nitrogens with zero attached hydrogens (tertiary/aromatic N) is 1. The highest BCUT2D eigenvalue weighted by Crippen LogP contribution is 2.26. The number of hydrogen-bond acceptors (Lipinski definition) is 2. The fourth-order valence-electron chi connectivity index (χ4n) is 1.28. The lowest BCUT2D eigenvalue weighted by molar-refractivity contribution is 0.868. The van der Waals surface area contributed by atoms with Crippen molar-refractivity contribution in [3.63, 3.8) is 0 Å². The molecule has 0 fully saturated rings. The maximum absolute atomic E-state index is 4.46. The van der Waals surface area contributed by atoms with Gasteiger partial charge < -0.3 is 0 Å². The van der Waals surface area contributed by atoms with Crippen molar-refractivity contribution in [3.05, 3.63) is 26.8 Å². The number of hydrogen-bond donors (Lipinski definition) is 0. The van der Waals surface area contributed by atoms with Gasteiger partial charge in [-0.15, -0.1) is 11.3 Å². The second kappa shape index (κ2) is 3.53. The summed E-state index contributed by atoms with van der Waals surface area (Å²) >= 11 is 4.02. The van der Waals surface area contributed by atoms with Crippen LogP contribution in [0.25, 0.3) is 10.2 Å². The lowest BCUT2D eigenvalue weighted by Crippen LogP contribution is -1.85. The first kappa shape index (κ1) is 9.40. The van der Waals surface area contributed by atoms with Gasteiger partial charge in [0.1, 0.15) is 0 Å². The molecule has 1 aromatic heterocycles. The molecule has 0 N–H and O–H groups in total. The quantitative estimate of drug-likeness (QED) is 0.725. The van der Waals surface area contributed by atoms with Crippen molar-refractivity contribution in [3.8, 4) is 0 Å². The van der Waals surface area contributed by atoms with E-state index in [9.17, 15) is 0 Å². The van der Waals surface area contributed by atoms with Gasteiger partial charge in [-0.1, -0.05) is 19.9 Å². The number of aromatic nitrogens is 1. The van der Waals surface area contributed by atoms with E-state index in [0.717, 1.165) is 8.53 Å². The summed E-state index contributed by atoms with van der Waals surface area (Å²) in [5.41, 5.74) is 2.51. The standard InChI is InChI=1S/C10H10INS/c1-6(2)7-3-4-9-8(5-7)12-10(11)13-9/h3-6H,1-2H3. The van der Waals surface area contributed by atoms with Gasteiger partial charge in [0.15, 0.2) is 3.01 Å². The van der Waals surface area contributed by atoms with Gasteiger partial charge in [-0.05, 0) is 46.2 Å². The Bertz CT molecular complexity index is 433. The van der Waals surface area contributed by atoms with Crippen LogP contribution in [0.4, 0.5) is 0 Å². The van der Waals surface area contributed by atoms with Gasteiger partial charge in [0.25, 0.3) is 0 Å². The zero-order valence-electron chi connectivity index (χ0n) is 7.54. The van der Waals surface area contributed by atoms with Gasteiger partial charge in [-0.2, -0.15) is 0 Å². The predicted molar refractivity (Wildman–Crippen MR) is 66.4 cm³/mol. The highest BCUT2D eigenvalue weighted by Gasteiger charge is 2.04. The van der Waals surface area contributed by atoms with Crippen LogP contribution in [-0.4, -0.2) is 4.98 Å². The maximum Gasteiger partial charge on any atom is 0.155 e. The molecule has 68 valence electrons. The molecule has 0 unspecified atom stereocenters. The summed E-state index contributed by atoms with van der Waals surface area (Å²) in [4.78, 5) is 4.46. The van der Waals surface area contributed by atoms with Crippen LogP contribution in [0.15, 0.2) is 18.2 Å². The summed E-state index contributed by atoms with van der Waals surface area (Å²) in [5.74, 6) is 0.587. The molecule has 0 spiro atoms. The third kappa shape index (κ3) is 1.86. The van der Waals surface area contributed by atoms with Gasteiger partial charge in [0.05, 0.1) is 10.2 Å². The maximum atomic E-state index is 4.46. The molecule has 0 saturated carbocycles. The SMILES string of the molecule is CC(C)c1ccc2sc(I)nc2c1. The summed E-state index contributed by atoms with van der Waals surface area (Å²) in [6, 6.07) is 6.56. The molecule has 0 aliphatic rings. The number of benzene rings is 1. The predicted octanol–water partition coefficient (Wildman–Crippen LogP) is 4.02. The molecule has 0 bridgehead atoms. The van der Waals surface area contributed by atoms with E-state index < -0.39 is 0 Å². The average molecular weight is 303 g/mol. The minimum absolute atomic E-state index is 0.587. The summed E-state index contributed by atoms with van der Waals surface area (Å²) < 4.78 is 2.40. The molecule has 0 atom stereocenters. The van der Waals surface area contributed by atoms with E-state index in [1.807, 2.05) is 0 Å². The Kier molecular flexibility index (Phi) is 2.55. The molecule has 0 amide bonds. The topological polar surface area (TPSA) is 12.9 Å². The van der Waals surface area contributed by atoms with Crippen molar-refractivity contribution >= 4 is 44.1 Å². The van der Waals surface area contributed by atoms with Crippen molar-refractivity contribution in [2.75, 3.05) is 0 Å². The first-order valence-electron chi connectivity index (χ1n) is 4.23. The van der Waals surface area contributed by atoms with Crippen molar-refractivity contribution < 1.29 is 0 Å². The van der Waals surface area contributed by atoms with Crippen molar-refractivity contribution in [1.82, 2.24) is 4.98 Å². The minimum Gasteiger partial charge on any atom is -0.230 e. The highest BCUT2D eigenvalue weighted by atomic mass is 127. The van der Waals surface area contributed by atoms with Gasteiger partial charge in [-0.25, -0.2) is 4.98 Å². The highest BCUT2D eigenvalue weighted by molar-refractivity contribution is 14.1. The van der Waals surface area contributed by atoms with Crippen LogP contribution in [0.3, 0.4) is 0 Å². The normalized spacial score (nSPS) is 11.4. The van der Waals surface area contributed by atoms with Gasteiger partial charge in [-0.3, -0.25) is 0 Å². The Morgan fingerprint density at radius 1 is 1.38 bits per heavy atom. The second-order valence-electron chi connectivity index (χ2n) is 3.35. The summed E-state index contributed by atoms with van der Waals surface area (Å²) in [5, 5.41) is 0. The monoisotopic (exact) mass is 303 g/mol. The van der Waals surface area contributed by atoms with E-state index in [1.165, 1.54) is 10.3 Å². The molecule has 13 heavy (non-hydrogen) atoms. The lowest BCUT2D eigenvalue weighted by atomic mass is 10.0. The Hall–Kier alpha value is -0.160. The van der Waals surface area contributed by atoms with Crippen molar-refractivity contribution in [1.29, 1.82) is 0 Å². The second-order valence-corrected chi connectivity index (χ2v) is 6.13. The van der Waals surface area contributed by atoms with Crippen LogP contribution >= 0.6 is 33.9 Å². The molecule has 0 radical (unpaired) electrons. The largest absolute Gasteiger partial charge is 0.230 e. The Morgan fingerprint density at radius 2 is 2.15 bits per heavy atom. The number of fused-ring (bicyclic) bond motifs is 1. The summed E-state index contributed by atoms with van der Waals surface area (Å²) in [6.45, 7) is 4.41. The molecule has 2 aromatic rings. The molecule has 0 saturated heterocycles. The molecular formula is C10H10INS. The fraction of sp³-hybridized carbons (Fsp3) is 0.300. The first-order chi connectivity index (χ1) is 6.16. The van der Waals surface area contributed by atoms with E-state index in [2.05, 4.69) is 59.6 Å². The van der Waals surface area contributed by atoms with Crippen LogP contribution in [-0.2, 0) is 0 Å². The molecule has 1 aromatic carbocycles. The fourth-order valence-corrected chi connectivity index (χ4v) is 2.92. The van der Waals surface area contributed by atoms with Crippen LogP contribution in [0.5, 0.6) is 0 Å². The average Bonchev–Trinajstić information content (AvgIpc) is 2.42. The Morgan fingerprint density at radius 3 is 2.85 bits per heavy atom. The van der Waals surface area contributed by atoms with E-state index in [1.54, 1.807) is 11.3 Å². The molecule has 3 heteroatoms. The summed E-state index contributed by atoms with van der Waals surface area (Å²) in [7, 11) is 0. The molecular weight excluding hydrogens is 293 g/mol. The molecule has 1 nitrogen and oxygen atoms in total. The number of thiazole rings is 1. The molecule has 0 aliphatic carbocycles. The van der Waals surface area contributed by atoms with E-state index >= 15 is 0 Å².